The van der Waals surface area contributed by atoms with Crippen molar-refractivity contribution >= 4 is 55.6 Å². The summed E-state index contributed by atoms with van der Waals surface area (Å²) in [4.78, 5) is 14.9. The van der Waals surface area contributed by atoms with Crippen molar-refractivity contribution in [3.8, 4) is 0 Å². The van der Waals surface area contributed by atoms with Crippen molar-refractivity contribution in [3.63, 3.8) is 0 Å². The SMILES string of the molecule is NCCCCCCCCCCN1CCCCC1.S=C(NC1CCCCC1)N(CCCN1CCCCC1)Cc1ccc(Cl)cc1.c1ccc2sc(NCCCCCCN3CCCCC3)nc2c1. The van der Waals surface area contributed by atoms with Crippen LogP contribution in [0.15, 0.2) is 48.5 Å². The van der Waals surface area contributed by atoms with Crippen LogP contribution < -0.4 is 16.4 Å². The first kappa shape index (κ1) is 54.9. The number of nitrogens with one attached hydrogen (secondary N) is 2. The van der Waals surface area contributed by atoms with E-state index in [9.17, 15) is 0 Å². The summed E-state index contributed by atoms with van der Waals surface area (Å²) in [6, 6.07) is 17.1. The molecule has 4 N–H and O–H groups in total. The van der Waals surface area contributed by atoms with E-state index in [0.29, 0.717) is 6.04 Å². The minimum Gasteiger partial charge on any atom is -0.361 e. The van der Waals surface area contributed by atoms with Gasteiger partial charge in [0.25, 0.3) is 0 Å². The second-order valence-corrected chi connectivity index (χ2v) is 21.7. The Bertz CT molecular complexity index is 1600. The number of halogens is 1. The van der Waals surface area contributed by atoms with E-state index in [0.717, 1.165) is 47.0 Å². The minimum absolute atomic E-state index is 0.557. The molecule has 3 aromatic rings. The molecule has 0 spiro atoms. The molecular weight excluding hydrogens is 872 g/mol. The predicted octanol–water partition coefficient (Wildman–Crippen LogP) is 13.5. The molecule has 66 heavy (non-hydrogen) atoms. The van der Waals surface area contributed by atoms with Crippen LogP contribution in [0.4, 0.5) is 5.13 Å². The Morgan fingerprint density at radius 1 is 0.621 bits per heavy atom. The number of piperidine rings is 3. The van der Waals surface area contributed by atoms with Gasteiger partial charge in [0.2, 0.25) is 0 Å². The lowest BCUT2D eigenvalue weighted by atomic mass is 9.96. The molecule has 2 aromatic carbocycles. The highest BCUT2D eigenvalue weighted by Gasteiger charge is 2.19. The first-order chi connectivity index (χ1) is 32.6. The molecule has 0 unspecified atom stereocenters. The number of anilines is 1. The van der Waals surface area contributed by atoms with Crippen LogP contribution in [-0.4, -0.2) is 114 Å². The molecular formula is C55H93ClN8S2. The normalized spacial score (nSPS) is 17.7. The van der Waals surface area contributed by atoms with Crippen molar-refractivity contribution in [2.75, 3.05) is 83.9 Å². The molecule has 8 nitrogen and oxygen atoms in total. The van der Waals surface area contributed by atoms with Gasteiger partial charge >= 0.3 is 0 Å². The molecule has 0 atom stereocenters. The fourth-order valence-corrected chi connectivity index (χ4v) is 11.4. The number of hydrogen-bond acceptors (Lipinski definition) is 8. The molecule has 1 saturated carbocycles. The lowest BCUT2D eigenvalue weighted by Gasteiger charge is -2.32. The fraction of sp³-hybridized carbons (Fsp3) is 0.745. The molecule has 3 saturated heterocycles. The predicted molar refractivity (Wildman–Crippen MR) is 293 cm³/mol. The van der Waals surface area contributed by atoms with Gasteiger partial charge in [0.1, 0.15) is 0 Å². The van der Waals surface area contributed by atoms with Crippen LogP contribution in [0.25, 0.3) is 10.2 Å². The smallest absolute Gasteiger partial charge is 0.183 e. The van der Waals surface area contributed by atoms with Crippen LogP contribution in [0, 0.1) is 0 Å². The van der Waals surface area contributed by atoms with Gasteiger partial charge in [-0.1, -0.05) is 137 Å². The van der Waals surface area contributed by atoms with E-state index in [1.54, 1.807) is 11.3 Å². The third kappa shape index (κ3) is 24.0. The number of aromatic nitrogens is 1. The van der Waals surface area contributed by atoms with E-state index in [1.807, 2.05) is 18.2 Å². The summed E-state index contributed by atoms with van der Waals surface area (Å²) >= 11 is 13.6. The third-order valence-corrected chi connectivity index (χ3v) is 15.8. The molecule has 1 aliphatic carbocycles. The third-order valence-electron chi connectivity index (χ3n) is 14.2. The number of fused-ring (bicyclic) bond motifs is 1. The summed E-state index contributed by atoms with van der Waals surface area (Å²) in [6.07, 6.45) is 36.8. The number of nitrogens with zero attached hydrogens (tertiary/aromatic N) is 5. The van der Waals surface area contributed by atoms with Gasteiger partial charge in [-0.3, -0.25) is 0 Å². The summed E-state index contributed by atoms with van der Waals surface area (Å²) in [5.41, 5.74) is 7.85. The quantitative estimate of drug-likeness (QED) is 0.0569. The summed E-state index contributed by atoms with van der Waals surface area (Å²) in [6.45, 7) is 15.6. The highest BCUT2D eigenvalue weighted by Crippen LogP contribution is 2.25. The standard InChI is InChI=1S/C22H34ClN3S.C18H27N3S.C15H32N2/c23-20-12-10-19(11-13-20)18-26(17-7-16-25-14-5-2-6-15-25)22(27)24-21-8-3-1-4-9-21;1(2-7-13-21-14-8-3-9-15-21)6-12-19-18-20-16-10-4-5-11-17(16)22-18;16-12-8-5-3-1-2-4-6-9-13-17-14-10-7-11-15-17/h10-13,21H,1-9,14-18H2,(H,24,27);4-5,10-11H,1-3,6-9,12-15H2,(H,19,20);1-16H2. The van der Waals surface area contributed by atoms with E-state index >= 15 is 0 Å². The van der Waals surface area contributed by atoms with Gasteiger partial charge in [-0.05, 0) is 191 Å². The highest BCUT2D eigenvalue weighted by atomic mass is 35.5. The Kier molecular flexibility index (Phi) is 29.2. The number of likely N-dealkylation sites (tertiary alicyclic amines) is 3. The van der Waals surface area contributed by atoms with E-state index < -0.39 is 0 Å². The van der Waals surface area contributed by atoms with E-state index in [-0.39, 0.29) is 0 Å². The van der Waals surface area contributed by atoms with Crippen molar-refractivity contribution in [1.82, 2.24) is 29.9 Å². The average molecular weight is 966 g/mol. The second kappa shape index (κ2) is 35.1. The van der Waals surface area contributed by atoms with Gasteiger partial charge in [0.05, 0.1) is 10.2 Å². The maximum absolute atomic E-state index is 6.05. The molecule has 3 aliphatic heterocycles. The van der Waals surface area contributed by atoms with Gasteiger partial charge in [-0.25, -0.2) is 4.98 Å². The van der Waals surface area contributed by atoms with Crippen LogP contribution in [0.2, 0.25) is 5.02 Å². The van der Waals surface area contributed by atoms with Crippen molar-refractivity contribution in [3.05, 3.63) is 59.1 Å². The van der Waals surface area contributed by atoms with Gasteiger partial charge in [-0.15, -0.1) is 0 Å². The average Bonchev–Trinajstić information content (AvgIpc) is 3.78. The largest absolute Gasteiger partial charge is 0.361 e. The second-order valence-electron chi connectivity index (χ2n) is 19.8. The lowest BCUT2D eigenvalue weighted by Crippen LogP contribution is -2.45. The Labute approximate surface area is 417 Å². The number of thiocarbonyl (C=S) groups is 1. The number of nitrogens with two attached hydrogens (primary N) is 1. The summed E-state index contributed by atoms with van der Waals surface area (Å²) in [7, 11) is 0. The Morgan fingerprint density at radius 3 is 1.68 bits per heavy atom. The van der Waals surface area contributed by atoms with Crippen LogP contribution in [-0.2, 0) is 6.54 Å². The molecule has 0 bridgehead atoms. The number of unbranched alkanes of at least 4 members (excludes halogenated alkanes) is 10. The number of para-hydroxylation sites is 1. The molecule has 4 fully saturated rings. The van der Waals surface area contributed by atoms with Crippen LogP contribution in [0.3, 0.4) is 0 Å². The summed E-state index contributed by atoms with van der Waals surface area (Å²) < 4.78 is 1.27. The number of thiazole rings is 1. The van der Waals surface area contributed by atoms with Gasteiger partial charge in [0, 0.05) is 30.7 Å². The zero-order valence-electron chi connectivity index (χ0n) is 41.5. The Morgan fingerprint density at radius 2 is 1.12 bits per heavy atom. The van der Waals surface area contributed by atoms with Crippen molar-refractivity contribution < 1.29 is 0 Å². The maximum Gasteiger partial charge on any atom is 0.183 e. The zero-order chi connectivity index (χ0) is 46.1. The lowest BCUT2D eigenvalue weighted by molar-refractivity contribution is 0.217. The van der Waals surface area contributed by atoms with E-state index in [4.69, 9.17) is 29.6 Å². The number of rotatable bonds is 25. The molecule has 0 radical (unpaired) electrons. The molecule has 4 heterocycles. The monoisotopic (exact) mass is 965 g/mol. The number of hydrogen-bond donors (Lipinski definition) is 3. The van der Waals surface area contributed by atoms with Gasteiger partial charge in [-0.2, -0.15) is 0 Å². The van der Waals surface area contributed by atoms with Crippen molar-refractivity contribution in [2.24, 2.45) is 5.73 Å². The topological polar surface area (TPSA) is 75.9 Å². The Hall–Kier alpha value is -2.05. The van der Waals surface area contributed by atoms with Crippen LogP contribution in [0.1, 0.15) is 179 Å². The van der Waals surface area contributed by atoms with Gasteiger partial charge < -0.3 is 36.0 Å². The first-order valence-electron chi connectivity index (χ1n) is 27.3. The zero-order valence-corrected chi connectivity index (χ0v) is 43.9. The molecule has 1 aromatic heterocycles. The summed E-state index contributed by atoms with van der Waals surface area (Å²) in [5, 5.41) is 9.91. The first-order valence-corrected chi connectivity index (χ1v) is 28.9. The van der Waals surface area contributed by atoms with Crippen molar-refractivity contribution in [1.29, 1.82) is 0 Å². The van der Waals surface area contributed by atoms with E-state index in [2.05, 4.69) is 65.5 Å². The maximum atomic E-state index is 6.05. The molecule has 0 amide bonds. The summed E-state index contributed by atoms with van der Waals surface area (Å²) in [5.74, 6) is 0. The highest BCUT2D eigenvalue weighted by molar-refractivity contribution is 7.80. The molecule has 372 valence electrons. The molecule has 11 heteroatoms. The molecule has 4 aliphatic rings. The van der Waals surface area contributed by atoms with Gasteiger partial charge in [0.15, 0.2) is 10.2 Å². The van der Waals surface area contributed by atoms with E-state index in [1.165, 1.54) is 243 Å². The fourth-order valence-electron chi connectivity index (χ4n) is 10.1. The van der Waals surface area contributed by atoms with Crippen LogP contribution in [0.5, 0.6) is 0 Å². The Balaban J connectivity index is 0.000000191. The minimum atomic E-state index is 0.557. The van der Waals surface area contributed by atoms with Crippen molar-refractivity contribution in [2.45, 2.75) is 186 Å². The van der Waals surface area contributed by atoms with Crippen LogP contribution >= 0.6 is 35.2 Å². The molecule has 7 rings (SSSR count). The number of benzene rings is 2.